The molecule has 1 aliphatic rings. The van der Waals surface area contributed by atoms with Gasteiger partial charge in [0.1, 0.15) is 5.82 Å². The van der Waals surface area contributed by atoms with Crippen molar-refractivity contribution in [2.24, 2.45) is 4.99 Å². The number of nitrogens with zero attached hydrogens (tertiary/aromatic N) is 2. The maximum atomic E-state index is 13.4. The first-order valence-corrected chi connectivity index (χ1v) is 10.3. The van der Waals surface area contributed by atoms with Crippen LogP contribution in [0, 0.1) is 5.82 Å². The van der Waals surface area contributed by atoms with E-state index >= 15 is 0 Å². The van der Waals surface area contributed by atoms with Gasteiger partial charge in [-0.2, -0.15) is 0 Å². The van der Waals surface area contributed by atoms with Crippen molar-refractivity contribution in [3.8, 4) is 0 Å². The monoisotopic (exact) mass is 414 g/mol. The van der Waals surface area contributed by atoms with Crippen molar-refractivity contribution < 1.29 is 13.9 Å². The average Bonchev–Trinajstić information content (AvgIpc) is 2.80. The molecule has 2 aromatic carbocycles. The Bertz CT molecular complexity index is 780. The molecule has 1 aliphatic heterocycles. The molecule has 7 heteroatoms. The van der Waals surface area contributed by atoms with Gasteiger partial charge < -0.3 is 20.1 Å². The summed E-state index contributed by atoms with van der Waals surface area (Å²) in [5, 5.41) is 6.77. The first-order valence-electron chi connectivity index (χ1n) is 10.3. The fourth-order valence-corrected chi connectivity index (χ4v) is 3.64. The first kappa shape index (κ1) is 22.2. The van der Waals surface area contributed by atoms with Crippen LogP contribution in [-0.4, -0.2) is 64.4 Å². The van der Waals surface area contributed by atoms with E-state index in [1.54, 1.807) is 14.2 Å². The highest BCUT2D eigenvalue weighted by Gasteiger charge is 2.23. The number of methoxy groups -OCH3 is 1. The lowest BCUT2D eigenvalue weighted by Gasteiger charge is -2.35. The number of guanidine groups is 1. The van der Waals surface area contributed by atoms with Gasteiger partial charge >= 0.3 is 0 Å². The number of hydrogen-bond acceptors (Lipinski definition) is 4. The Hall–Kier alpha value is -2.48. The number of morpholine rings is 1. The Kier molecular flexibility index (Phi) is 8.62. The fraction of sp³-hybridized carbons (Fsp3) is 0.435. The molecule has 2 atom stereocenters. The minimum Gasteiger partial charge on any atom is -0.379 e. The maximum Gasteiger partial charge on any atom is 0.191 e. The lowest BCUT2D eigenvalue weighted by Crippen LogP contribution is -2.46. The van der Waals surface area contributed by atoms with Crippen molar-refractivity contribution in [2.45, 2.75) is 12.1 Å². The molecular weight excluding hydrogens is 383 g/mol. The van der Waals surface area contributed by atoms with Crippen molar-refractivity contribution in [2.75, 3.05) is 53.6 Å². The molecule has 0 spiro atoms. The van der Waals surface area contributed by atoms with Crippen LogP contribution in [0.25, 0.3) is 0 Å². The molecule has 2 unspecified atom stereocenters. The Morgan fingerprint density at radius 1 is 1.03 bits per heavy atom. The SMILES string of the molecule is CN=C(NCC(OC)c1ccccc1)NCC(c1ccc(F)cc1)N1CCOCC1. The molecule has 0 bridgehead atoms. The third kappa shape index (κ3) is 6.26. The molecule has 0 aliphatic carbocycles. The van der Waals surface area contributed by atoms with Gasteiger partial charge in [0.05, 0.1) is 25.4 Å². The molecule has 30 heavy (non-hydrogen) atoms. The third-order valence-corrected chi connectivity index (χ3v) is 5.34. The Morgan fingerprint density at radius 2 is 1.70 bits per heavy atom. The lowest BCUT2D eigenvalue weighted by atomic mass is 10.0. The highest BCUT2D eigenvalue weighted by atomic mass is 19.1. The summed E-state index contributed by atoms with van der Waals surface area (Å²) in [6.45, 7) is 4.34. The van der Waals surface area contributed by atoms with E-state index in [0.717, 1.165) is 24.2 Å². The Morgan fingerprint density at radius 3 is 2.33 bits per heavy atom. The molecule has 3 rings (SSSR count). The number of hydrogen-bond donors (Lipinski definition) is 2. The molecule has 0 saturated carbocycles. The van der Waals surface area contributed by atoms with Crippen LogP contribution in [-0.2, 0) is 9.47 Å². The molecule has 0 radical (unpaired) electrons. The smallest absolute Gasteiger partial charge is 0.191 e. The average molecular weight is 415 g/mol. The molecule has 0 amide bonds. The topological polar surface area (TPSA) is 58.1 Å². The summed E-state index contributed by atoms with van der Waals surface area (Å²) < 4.78 is 24.5. The molecule has 162 valence electrons. The summed E-state index contributed by atoms with van der Waals surface area (Å²) in [6, 6.07) is 16.9. The van der Waals surface area contributed by atoms with E-state index in [2.05, 4.69) is 32.7 Å². The predicted octanol–water partition coefficient (Wildman–Crippen LogP) is 2.75. The van der Waals surface area contributed by atoms with E-state index in [4.69, 9.17) is 9.47 Å². The molecule has 2 aromatic rings. The molecule has 0 aromatic heterocycles. The minimum absolute atomic E-state index is 0.0723. The van der Waals surface area contributed by atoms with Crippen LogP contribution in [0.15, 0.2) is 59.6 Å². The van der Waals surface area contributed by atoms with E-state index < -0.39 is 0 Å². The summed E-state index contributed by atoms with van der Waals surface area (Å²) in [7, 11) is 3.46. The third-order valence-electron chi connectivity index (χ3n) is 5.34. The fourth-order valence-electron chi connectivity index (χ4n) is 3.64. The summed E-state index contributed by atoms with van der Waals surface area (Å²) in [5.41, 5.74) is 2.18. The van der Waals surface area contributed by atoms with E-state index in [1.165, 1.54) is 12.1 Å². The molecule has 1 heterocycles. The predicted molar refractivity (Wildman–Crippen MR) is 117 cm³/mol. The van der Waals surface area contributed by atoms with Gasteiger partial charge in [-0.05, 0) is 23.3 Å². The van der Waals surface area contributed by atoms with Crippen LogP contribution >= 0.6 is 0 Å². The summed E-state index contributed by atoms with van der Waals surface area (Å²) >= 11 is 0. The van der Waals surface area contributed by atoms with Crippen molar-refractivity contribution >= 4 is 5.96 Å². The summed E-state index contributed by atoms with van der Waals surface area (Å²) in [6.07, 6.45) is -0.0723. The van der Waals surface area contributed by atoms with Gasteiger partial charge in [0, 0.05) is 40.3 Å². The van der Waals surface area contributed by atoms with Crippen molar-refractivity contribution in [1.82, 2.24) is 15.5 Å². The van der Waals surface area contributed by atoms with Gasteiger partial charge in [0.25, 0.3) is 0 Å². The second kappa shape index (κ2) is 11.6. The summed E-state index contributed by atoms with van der Waals surface area (Å²) in [5.74, 6) is 0.477. The van der Waals surface area contributed by atoms with Gasteiger partial charge in [-0.3, -0.25) is 9.89 Å². The van der Waals surface area contributed by atoms with E-state index in [-0.39, 0.29) is 18.0 Å². The van der Waals surface area contributed by atoms with Crippen molar-refractivity contribution in [1.29, 1.82) is 0 Å². The number of rotatable bonds is 8. The van der Waals surface area contributed by atoms with E-state index in [0.29, 0.717) is 32.3 Å². The lowest BCUT2D eigenvalue weighted by molar-refractivity contribution is 0.0169. The zero-order valence-corrected chi connectivity index (χ0v) is 17.7. The van der Waals surface area contributed by atoms with Crippen molar-refractivity contribution in [3.05, 3.63) is 71.5 Å². The highest BCUT2D eigenvalue weighted by molar-refractivity contribution is 5.79. The molecule has 6 nitrogen and oxygen atoms in total. The number of nitrogens with one attached hydrogen (secondary N) is 2. The summed E-state index contributed by atoms with van der Waals surface area (Å²) in [4.78, 5) is 6.71. The number of benzene rings is 2. The molecule has 1 saturated heterocycles. The van der Waals surface area contributed by atoms with Crippen molar-refractivity contribution in [3.63, 3.8) is 0 Å². The van der Waals surface area contributed by atoms with Crippen LogP contribution in [0.3, 0.4) is 0 Å². The standard InChI is InChI=1S/C23H31FN4O2/c1-25-23(27-17-22(29-2)19-6-4-3-5-7-19)26-16-21(28-12-14-30-15-13-28)18-8-10-20(24)11-9-18/h3-11,21-22H,12-17H2,1-2H3,(H2,25,26,27). The second-order valence-corrected chi connectivity index (χ2v) is 7.18. The molecule has 2 N–H and O–H groups in total. The van der Waals surface area contributed by atoms with Gasteiger partial charge in [-0.25, -0.2) is 4.39 Å². The quantitative estimate of drug-likeness (QED) is 0.514. The van der Waals surface area contributed by atoms with Crippen LogP contribution in [0.4, 0.5) is 4.39 Å². The Balaban J connectivity index is 1.61. The van der Waals surface area contributed by atoms with Crippen LogP contribution < -0.4 is 10.6 Å². The highest BCUT2D eigenvalue weighted by Crippen LogP contribution is 2.22. The van der Waals surface area contributed by atoms with Crippen LogP contribution in [0.1, 0.15) is 23.3 Å². The molecule has 1 fully saturated rings. The number of ether oxygens (including phenoxy) is 2. The van der Waals surface area contributed by atoms with Gasteiger partial charge in [0.2, 0.25) is 0 Å². The van der Waals surface area contributed by atoms with E-state index in [1.807, 2.05) is 30.3 Å². The Labute approximate surface area is 178 Å². The zero-order valence-electron chi connectivity index (χ0n) is 17.7. The van der Waals surface area contributed by atoms with E-state index in [9.17, 15) is 4.39 Å². The van der Waals surface area contributed by atoms with Gasteiger partial charge in [-0.1, -0.05) is 42.5 Å². The molecular formula is C23H31FN4O2. The number of halogens is 1. The van der Waals surface area contributed by atoms with Gasteiger partial charge in [-0.15, -0.1) is 0 Å². The largest absolute Gasteiger partial charge is 0.379 e. The van der Waals surface area contributed by atoms with Crippen LogP contribution in [0.5, 0.6) is 0 Å². The number of aliphatic imine (C=N–C) groups is 1. The minimum atomic E-state index is -0.226. The zero-order chi connectivity index (χ0) is 21.2. The first-order chi connectivity index (χ1) is 14.7. The normalized spacial score (nSPS) is 17.4. The maximum absolute atomic E-state index is 13.4. The van der Waals surface area contributed by atoms with Crippen LogP contribution in [0.2, 0.25) is 0 Å². The van der Waals surface area contributed by atoms with Gasteiger partial charge in [0.15, 0.2) is 5.96 Å². The second-order valence-electron chi connectivity index (χ2n) is 7.18.